The fraction of sp³-hybridized carbons (Fsp3) is 0.500. The Hall–Kier alpha value is -1.88. The Morgan fingerprint density at radius 3 is 2.86 bits per heavy atom. The van der Waals surface area contributed by atoms with Crippen molar-refractivity contribution < 1.29 is 14.7 Å². The lowest BCUT2D eigenvalue weighted by atomic mass is 9.93. The zero-order valence-electron chi connectivity index (χ0n) is 12.1. The summed E-state index contributed by atoms with van der Waals surface area (Å²) in [5.74, 6) is -0.381. The number of hydrogen-bond acceptors (Lipinski definition) is 3. The molecule has 0 saturated carbocycles. The van der Waals surface area contributed by atoms with E-state index in [0.29, 0.717) is 31.0 Å². The van der Waals surface area contributed by atoms with Crippen LogP contribution in [0.15, 0.2) is 18.2 Å². The highest BCUT2D eigenvalue weighted by Gasteiger charge is 2.34. The molecule has 2 unspecified atom stereocenters. The van der Waals surface area contributed by atoms with Gasteiger partial charge in [0.15, 0.2) is 0 Å². The molecule has 3 rings (SSSR count). The Balaban J connectivity index is 1.80. The lowest BCUT2D eigenvalue weighted by Crippen LogP contribution is -2.47. The van der Waals surface area contributed by atoms with E-state index in [1.165, 1.54) is 0 Å². The predicted octanol–water partition coefficient (Wildman–Crippen LogP) is 1.27. The maximum Gasteiger partial charge on any atom is 0.335 e. The Labute approximate surface area is 123 Å². The van der Waals surface area contributed by atoms with Crippen LogP contribution in [0.1, 0.15) is 34.8 Å². The van der Waals surface area contributed by atoms with Gasteiger partial charge < -0.3 is 15.3 Å². The average Bonchev–Trinajstić information content (AvgIpc) is 2.91. The van der Waals surface area contributed by atoms with Gasteiger partial charge >= 0.3 is 5.97 Å². The molecule has 21 heavy (non-hydrogen) atoms. The van der Waals surface area contributed by atoms with Crippen LogP contribution in [-0.2, 0) is 17.8 Å². The third kappa shape index (κ3) is 2.53. The molecule has 1 aromatic carbocycles. The van der Waals surface area contributed by atoms with Gasteiger partial charge in [-0.05, 0) is 42.5 Å². The number of carboxylic acids is 1. The molecule has 2 aliphatic heterocycles. The van der Waals surface area contributed by atoms with Crippen molar-refractivity contribution in [2.75, 3.05) is 13.1 Å². The van der Waals surface area contributed by atoms with Crippen molar-refractivity contribution in [2.45, 2.75) is 32.4 Å². The van der Waals surface area contributed by atoms with Gasteiger partial charge in [0.2, 0.25) is 5.91 Å². The molecular formula is C16H20N2O3. The fourth-order valence-electron chi connectivity index (χ4n) is 3.36. The average molecular weight is 288 g/mol. The van der Waals surface area contributed by atoms with E-state index < -0.39 is 5.97 Å². The van der Waals surface area contributed by atoms with Gasteiger partial charge in [-0.25, -0.2) is 4.79 Å². The van der Waals surface area contributed by atoms with Crippen molar-refractivity contribution in [3.05, 3.63) is 34.9 Å². The van der Waals surface area contributed by atoms with E-state index in [1.54, 1.807) is 12.1 Å². The van der Waals surface area contributed by atoms with E-state index in [-0.39, 0.29) is 11.9 Å². The molecule has 0 radical (unpaired) electrons. The van der Waals surface area contributed by atoms with Gasteiger partial charge in [-0.2, -0.15) is 0 Å². The minimum Gasteiger partial charge on any atom is -0.478 e. The van der Waals surface area contributed by atoms with E-state index >= 15 is 0 Å². The first-order valence-corrected chi connectivity index (χ1v) is 7.44. The van der Waals surface area contributed by atoms with Crippen molar-refractivity contribution in [2.24, 2.45) is 5.92 Å². The maximum absolute atomic E-state index is 12.6. The molecular weight excluding hydrogens is 268 g/mol. The van der Waals surface area contributed by atoms with Gasteiger partial charge in [0.05, 0.1) is 11.6 Å². The van der Waals surface area contributed by atoms with E-state index in [4.69, 9.17) is 0 Å². The fourth-order valence-corrected chi connectivity index (χ4v) is 3.36. The molecule has 1 saturated heterocycles. The van der Waals surface area contributed by atoms with Crippen LogP contribution in [0.5, 0.6) is 0 Å². The quantitative estimate of drug-likeness (QED) is 0.860. The van der Waals surface area contributed by atoms with Crippen LogP contribution in [0.3, 0.4) is 0 Å². The zero-order chi connectivity index (χ0) is 15.0. The monoisotopic (exact) mass is 288 g/mol. The molecule has 2 atom stereocenters. The predicted molar refractivity (Wildman–Crippen MR) is 78.1 cm³/mol. The van der Waals surface area contributed by atoms with Crippen LogP contribution >= 0.6 is 0 Å². The zero-order valence-corrected chi connectivity index (χ0v) is 12.1. The molecule has 5 heteroatoms. The summed E-state index contributed by atoms with van der Waals surface area (Å²) in [6, 6.07) is 5.23. The number of rotatable bonds is 2. The topological polar surface area (TPSA) is 69.6 Å². The summed E-state index contributed by atoms with van der Waals surface area (Å²) >= 11 is 0. The molecule has 0 bridgehead atoms. The SMILES string of the molecule is CC1CCNC1C(=O)N1CCc2c(cccc2C(=O)O)C1. The van der Waals surface area contributed by atoms with Crippen molar-refractivity contribution >= 4 is 11.9 Å². The molecule has 1 aromatic rings. The molecule has 112 valence electrons. The summed E-state index contributed by atoms with van der Waals surface area (Å²) in [6.45, 7) is 4.11. The molecule has 2 heterocycles. The summed E-state index contributed by atoms with van der Waals surface area (Å²) in [7, 11) is 0. The molecule has 1 fully saturated rings. The first kappa shape index (κ1) is 14.1. The number of aromatic carboxylic acids is 1. The number of fused-ring (bicyclic) bond motifs is 1. The largest absolute Gasteiger partial charge is 0.478 e. The first-order valence-electron chi connectivity index (χ1n) is 7.44. The standard InChI is InChI=1S/C16H20N2O3/c1-10-5-7-17-14(10)15(19)18-8-6-12-11(9-18)3-2-4-13(12)16(20)21/h2-4,10,14,17H,5-9H2,1H3,(H,20,21). The van der Waals surface area contributed by atoms with Gasteiger partial charge in [0.25, 0.3) is 0 Å². The number of carbonyl (C=O) groups is 2. The summed E-state index contributed by atoms with van der Waals surface area (Å²) in [4.78, 5) is 25.7. The lowest BCUT2D eigenvalue weighted by molar-refractivity contribution is -0.134. The number of benzene rings is 1. The number of carbonyl (C=O) groups excluding carboxylic acids is 1. The van der Waals surface area contributed by atoms with E-state index in [0.717, 1.165) is 24.1 Å². The summed E-state index contributed by atoms with van der Waals surface area (Å²) in [5.41, 5.74) is 2.20. The highest BCUT2D eigenvalue weighted by atomic mass is 16.4. The lowest BCUT2D eigenvalue weighted by Gasteiger charge is -2.32. The van der Waals surface area contributed by atoms with Crippen molar-refractivity contribution in [3.8, 4) is 0 Å². The van der Waals surface area contributed by atoms with Crippen molar-refractivity contribution in [1.29, 1.82) is 0 Å². The normalized spacial score (nSPS) is 24.7. The van der Waals surface area contributed by atoms with Gasteiger partial charge in [-0.15, -0.1) is 0 Å². The Morgan fingerprint density at radius 2 is 2.19 bits per heavy atom. The molecule has 0 aliphatic carbocycles. The second kappa shape index (κ2) is 5.48. The van der Waals surface area contributed by atoms with Crippen LogP contribution in [0.25, 0.3) is 0 Å². The van der Waals surface area contributed by atoms with E-state index in [9.17, 15) is 14.7 Å². The maximum atomic E-state index is 12.6. The van der Waals surface area contributed by atoms with E-state index in [1.807, 2.05) is 11.0 Å². The minimum absolute atomic E-state index is 0.0887. The molecule has 2 N–H and O–H groups in total. The number of carboxylic acid groups (broad SMARTS) is 1. The van der Waals surface area contributed by atoms with Gasteiger partial charge in [0, 0.05) is 13.1 Å². The third-order valence-electron chi connectivity index (χ3n) is 4.61. The second-order valence-electron chi connectivity index (χ2n) is 5.96. The van der Waals surface area contributed by atoms with Crippen molar-refractivity contribution in [1.82, 2.24) is 10.2 Å². The number of nitrogens with one attached hydrogen (secondary N) is 1. The Bertz CT molecular complexity index is 585. The Kier molecular flexibility index (Phi) is 3.68. The van der Waals surface area contributed by atoms with Crippen LogP contribution in [0.2, 0.25) is 0 Å². The third-order valence-corrected chi connectivity index (χ3v) is 4.61. The summed E-state index contributed by atoms with van der Waals surface area (Å²) in [6.07, 6.45) is 1.65. The first-order chi connectivity index (χ1) is 10.1. The van der Waals surface area contributed by atoms with Crippen LogP contribution in [0.4, 0.5) is 0 Å². The summed E-state index contributed by atoms with van der Waals surface area (Å²) < 4.78 is 0. The smallest absolute Gasteiger partial charge is 0.335 e. The second-order valence-corrected chi connectivity index (χ2v) is 5.96. The van der Waals surface area contributed by atoms with Crippen LogP contribution in [-0.4, -0.2) is 41.0 Å². The molecule has 2 aliphatic rings. The highest BCUT2D eigenvalue weighted by molar-refractivity contribution is 5.90. The number of amides is 1. The molecule has 1 amide bonds. The Morgan fingerprint density at radius 1 is 1.38 bits per heavy atom. The van der Waals surface area contributed by atoms with Crippen molar-refractivity contribution in [3.63, 3.8) is 0 Å². The van der Waals surface area contributed by atoms with Gasteiger partial charge in [-0.1, -0.05) is 19.1 Å². The number of nitrogens with zero attached hydrogens (tertiary/aromatic N) is 1. The van der Waals surface area contributed by atoms with Gasteiger partial charge in [0.1, 0.15) is 0 Å². The highest BCUT2D eigenvalue weighted by Crippen LogP contribution is 2.25. The molecule has 0 aromatic heterocycles. The summed E-state index contributed by atoms with van der Waals surface area (Å²) in [5, 5.41) is 12.5. The molecule has 0 spiro atoms. The van der Waals surface area contributed by atoms with Gasteiger partial charge in [-0.3, -0.25) is 4.79 Å². The van der Waals surface area contributed by atoms with Crippen LogP contribution in [0, 0.1) is 5.92 Å². The molecule has 5 nitrogen and oxygen atoms in total. The minimum atomic E-state index is -0.891. The van der Waals surface area contributed by atoms with Crippen LogP contribution < -0.4 is 5.32 Å². The number of hydrogen-bond donors (Lipinski definition) is 2. The van der Waals surface area contributed by atoms with E-state index in [2.05, 4.69) is 12.2 Å².